The number of para-hydroxylation sites is 1. The Hall–Kier alpha value is -2.37. The number of pyridine rings is 1. The molecule has 6 heteroatoms. The summed E-state index contributed by atoms with van der Waals surface area (Å²) in [6, 6.07) is 9.97. The quantitative estimate of drug-likeness (QED) is 0.719. The number of aromatic amines is 1. The topological polar surface area (TPSA) is 52.2 Å². The molecule has 0 bridgehead atoms. The number of amides is 1. The number of benzene rings is 1. The SMILES string of the molecule is CN1CCc2[nH]c3c(N(Cc4ccncc4)C(=O)CCl)cccc3c2C1. The number of alkyl halides is 1. The van der Waals surface area contributed by atoms with E-state index in [0.717, 1.165) is 36.3 Å². The highest BCUT2D eigenvalue weighted by Gasteiger charge is 2.23. The van der Waals surface area contributed by atoms with Gasteiger partial charge < -0.3 is 14.8 Å². The van der Waals surface area contributed by atoms with Crippen LogP contribution in [0.1, 0.15) is 16.8 Å². The number of rotatable bonds is 4. The van der Waals surface area contributed by atoms with E-state index in [0.29, 0.717) is 6.54 Å². The number of hydrogen-bond acceptors (Lipinski definition) is 3. The van der Waals surface area contributed by atoms with E-state index in [1.807, 2.05) is 24.3 Å². The third-order valence-electron chi connectivity index (χ3n) is 4.98. The zero-order valence-corrected chi connectivity index (χ0v) is 15.5. The Morgan fingerprint density at radius 2 is 2.12 bits per heavy atom. The first-order valence-electron chi connectivity index (χ1n) is 8.73. The summed E-state index contributed by atoms with van der Waals surface area (Å²) in [5.41, 5.74) is 5.51. The number of hydrogen-bond donors (Lipinski definition) is 1. The summed E-state index contributed by atoms with van der Waals surface area (Å²) in [6.45, 7) is 2.43. The van der Waals surface area contributed by atoms with Crippen molar-refractivity contribution in [2.24, 2.45) is 0 Å². The minimum absolute atomic E-state index is 0.0510. The van der Waals surface area contributed by atoms with Gasteiger partial charge in [0.2, 0.25) is 5.91 Å². The van der Waals surface area contributed by atoms with Crippen molar-refractivity contribution < 1.29 is 4.79 Å². The Morgan fingerprint density at radius 3 is 2.88 bits per heavy atom. The number of likely N-dealkylation sites (N-methyl/N-ethyl adjacent to an activating group) is 1. The first-order chi connectivity index (χ1) is 12.7. The van der Waals surface area contributed by atoms with Crippen molar-refractivity contribution in [3.05, 3.63) is 59.5 Å². The van der Waals surface area contributed by atoms with Crippen LogP contribution in [-0.4, -0.2) is 40.2 Å². The van der Waals surface area contributed by atoms with Crippen LogP contribution in [-0.2, 0) is 24.3 Å². The number of aromatic nitrogens is 2. The number of carbonyl (C=O) groups is 1. The molecule has 1 aromatic carbocycles. The minimum atomic E-state index is -0.110. The summed E-state index contributed by atoms with van der Waals surface area (Å²) >= 11 is 5.91. The molecule has 0 fully saturated rings. The second kappa shape index (κ2) is 7.09. The maximum Gasteiger partial charge on any atom is 0.242 e. The van der Waals surface area contributed by atoms with Gasteiger partial charge in [0.25, 0.3) is 0 Å². The van der Waals surface area contributed by atoms with Crippen molar-refractivity contribution >= 4 is 34.1 Å². The molecule has 1 N–H and O–H groups in total. The summed E-state index contributed by atoms with van der Waals surface area (Å²) in [4.78, 5) is 24.3. The molecule has 0 saturated heterocycles. The van der Waals surface area contributed by atoms with E-state index in [-0.39, 0.29) is 11.8 Å². The van der Waals surface area contributed by atoms with Crippen LogP contribution < -0.4 is 4.90 Å². The molecule has 0 aliphatic carbocycles. The van der Waals surface area contributed by atoms with Crippen LogP contribution in [0.15, 0.2) is 42.7 Å². The van der Waals surface area contributed by atoms with Gasteiger partial charge in [-0.2, -0.15) is 0 Å². The van der Waals surface area contributed by atoms with Crippen molar-refractivity contribution in [3.63, 3.8) is 0 Å². The summed E-state index contributed by atoms with van der Waals surface area (Å²) in [7, 11) is 2.14. The maximum atomic E-state index is 12.6. The Balaban J connectivity index is 1.81. The molecule has 4 rings (SSSR count). The summed E-state index contributed by atoms with van der Waals surface area (Å²) in [5.74, 6) is -0.161. The van der Waals surface area contributed by atoms with E-state index in [1.165, 1.54) is 16.6 Å². The van der Waals surface area contributed by atoms with Crippen molar-refractivity contribution in [1.82, 2.24) is 14.9 Å². The second-order valence-corrected chi connectivity index (χ2v) is 7.01. The number of fused-ring (bicyclic) bond motifs is 3. The summed E-state index contributed by atoms with van der Waals surface area (Å²) in [6.07, 6.45) is 4.47. The highest BCUT2D eigenvalue weighted by atomic mass is 35.5. The fraction of sp³-hybridized carbons (Fsp3) is 0.300. The average molecular weight is 369 g/mol. The molecule has 0 spiro atoms. The largest absolute Gasteiger partial charge is 0.356 e. The highest BCUT2D eigenvalue weighted by Crippen LogP contribution is 2.34. The lowest BCUT2D eigenvalue weighted by Crippen LogP contribution is -2.31. The molecule has 5 nitrogen and oxygen atoms in total. The zero-order chi connectivity index (χ0) is 18.1. The molecular formula is C20H21ClN4O. The summed E-state index contributed by atoms with van der Waals surface area (Å²) < 4.78 is 0. The maximum absolute atomic E-state index is 12.6. The normalized spacial score (nSPS) is 14.4. The zero-order valence-electron chi connectivity index (χ0n) is 14.7. The number of H-pyrrole nitrogens is 1. The number of carbonyl (C=O) groups excluding carboxylic acids is 1. The fourth-order valence-corrected chi connectivity index (χ4v) is 3.78. The van der Waals surface area contributed by atoms with E-state index >= 15 is 0 Å². The molecule has 2 aromatic heterocycles. The van der Waals surface area contributed by atoms with Gasteiger partial charge in [-0.3, -0.25) is 9.78 Å². The van der Waals surface area contributed by atoms with Gasteiger partial charge in [-0.05, 0) is 36.4 Å². The van der Waals surface area contributed by atoms with E-state index in [4.69, 9.17) is 11.6 Å². The van der Waals surface area contributed by atoms with E-state index in [2.05, 4.69) is 28.0 Å². The predicted octanol–water partition coefficient (Wildman–Crippen LogP) is 3.32. The molecule has 1 aliphatic heterocycles. The number of halogens is 1. The lowest BCUT2D eigenvalue weighted by Gasteiger charge is -2.23. The Bertz CT molecular complexity index is 938. The van der Waals surface area contributed by atoms with E-state index in [9.17, 15) is 4.79 Å². The molecule has 0 radical (unpaired) electrons. The van der Waals surface area contributed by atoms with Gasteiger partial charge in [-0.1, -0.05) is 12.1 Å². The highest BCUT2D eigenvalue weighted by molar-refractivity contribution is 6.29. The van der Waals surface area contributed by atoms with Crippen molar-refractivity contribution in [2.75, 3.05) is 24.4 Å². The molecule has 134 valence electrons. The van der Waals surface area contributed by atoms with E-state index < -0.39 is 0 Å². The van der Waals surface area contributed by atoms with Crippen LogP contribution in [0.2, 0.25) is 0 Å². The number of anilines is 1. The Morgan fingerprint density at radius 1 is 1.31 bits per heavy atom. The predicted molar refractivity (Wildman–Crippen MR) is 104 cm³/mol. The molecule has 26 heavy (non-hydrogen) atoms. The lowest BCUT2D eigenvalue weighted by atomic mass is 10.0. The van der Waals surface area contributed by atoms with Gasteiger partial charge in [0.1, 0.15) is 5.88 Å². The Kier molecular flexibility index (Phi) is 4.66. The van der Waals surface area contributed by atoms with Crippen LogP contribution >= 0.6 is 11.6 Å². The fourth-order valence-electron chi connectivity index (χ4n) is 3.63. The van der Waals surface area contributed by atoms with Crippen LogP contribution in [0.5, 0.6) is 0 Å². The van der Waals surface area contributed by atoms with Gasteiger partial charge in [-0.15, -0.1) is 11.6 Å². The average Bonchev–Trinajstić information content (AvgIpc) is 3.04. The van der Waals surface area contributed by atoms with Gasteiger partial charge in [0.05, 0.1) is 17.7 Å². The molecule has 3 heterocycles. The van der Waals surface area contributed by atoms with Crippen LogP contribution in [0, 0.1) is 0 Å². The molecule has 1 amide bonds. The van der Waals surface area contributed by atoms with Crippen molar-refractivity contribution in [3.8, 4) is 0 Å². The second-order valence-electron chi connectivity index (χ2n) is 6.74. The van der Waals surface area contributed by atoms with Gasteiger partial charge in [0, 0.05) is 43.0 Å². The molecule has 0 unspecified atom stereocenters. The molecule has 0 atom stereocenters. The van der Waals surface area contributed by atoms with Crippen molar-refractivity contribution in [1.29, 1.82) is 0 Å². The monoisotopic (exact) mass is 368 g/mol. The Labute approximate surface area is 157 Å². The molecule has 0 saturated carbocycles. The molecular weight excluding hydrogens is 348 g/mol. The van der Waals surface area contributed by atoms with Crippen molar-refractivity contribution in [2.45, 2.75) is 19.5 Å². The first kappa shape index (κ1) is 17.1. The molecule has 3 aromatic rings. The minimum Gasteiger partial charge on any atom is -0.356 e. The van der Waals surface area contributed by atoms with Gasteiger partial charge in [-0.25, -0.2) is 0 Å². The molecule has 1 aliphatic rings. The number of nitrogens with one attached hydrogen (secondary N) is 1. The number of nitrogens with zero attached hydrogens (tertiary/aromatic N) is 3. The van der Waals surface area contributed by atoms with Crippen LogP contribution in [0.3, 0.4) is 0 Å². The third-order valence-corrected chi connectivity index (χ3v) is 5.20. The lowest BCUT2D eigenvalue weighted by molar-refractivity contribution is -0.116. The van der Waals surface area contributed by atoms with Crippen LogP contribution in [0.25, 0.3) is 10.9 Å². The smallest absolute Gasteiger partial charge is 0.242 e. The van der Waals surface area contributed by atoms with Crippen LogP contribution in [0.4, 0.5) is 5.69 Å². The first-order valence-corrected chi connectivity index (χ1v) is 9.27. The third kappa shape index (κ3) is 3.08. The van der Waals surface area contributed by atoms with E-state index in [1.54, 1.807) is 17.3 Å². The summed E-state index contributed by atoms with van der Waals surface area (Å²) in [5, 5.41) is 1.19. The van der Waals surface area contributed by atoms with Gasteiger partial charge >= 0.3 is 0 Å². The van der Waals surface area contributed by atoms with Gasteiger partial charge in [0.15, 0.2) is 0 Å². The standard InChI is InChI=1S/C20H21ClN4O/c1-24-10-7-17-16(13-24)15-3-2-4-18(20(15)23-17)25(19(26)11-21)12-14-5-8-22-9-6-14/h2-6,8-9,23H,7,10-13H2,1H3.